The van der Waals surface area contributed by atoms with Gasteiger partial charge in [-0.25, -0.2) is 0 Å². The zero-order valence-corrected chi connectivity index (χ0v) is 15.4. The minimum atomic E-state index is -0.227. The third-order valence-corrected chi connectivity index (χ3v) is 3.92. The van der Waals surface area contributed by atoms with Crippen LogP contribution in [0.4, 0.5) is 11.4 Å². The number of benzene rings is 1. The molecule has 0 radical (unpaired) electrons. The van der Waals surface area contributed by atoms with Crippen LogP contribution in [0.25, 0.3) is 0 Å². The molecule has 0 atom stereocenters. The molecule has 25 heavy (non-hydrogen) atoms. The second-order valence-electron chi connectivity index (χ2n) is 7.25. The van der Waals surface area contributed by atoms with Crippen LogP contribution in [-0.4, -0.2) is 30.8 Å². The maximum Gasteiger partial charge on any atom is 0.253 e. The molecule has 0 aromatic heterocycles. The lowest BCUT2D eigenvalue weighted by Gasteiger charge is -2.25. The summed E-state index contributed by atoms with van der Waals surface area (Å²) in [6.07, 6.45) is 0.776. The Morgan fingerprint density at radius 3 is 2.48 bits per heavy atom. The van der Waals surface area contributed by atoms with Crippen molar-refractivity contribution in [3.05, 3.63) is 23.8 Å². The van der Waals surface area contributed by atoms with Crippen LogP contribution < -0.4 is 15.5 Å². The Hall–Kier alpha value is -2.37. The van der Waals surface area contributed by atoms with Crippen molar-refractivity contribution >= 4 is 29.1 Å². The first kappa shape index (κ1) is 19.0. The molecule has 0 unspecified atom stereocenters. The molecule has 0 saturated heterocycles. The Bertz CT molecular complexity index is 668. The van der Waals surface area contributed by atoms with Crippen LogP contribution in [0, 0.1) is 11.8 Å². The monoisotopic (exact) mass is 345 g/mol. The lowest BCUT2D eigenvalue weighted by molar-refractivity contribution is -0.119. The fourth-order valence-corrected chi connectivity index (χ4v) is 2.89. The van der Waals surface area contributed by atoms with Crippen LogP contribution in [0.5, 0.6) is 0 Å². The number of rotatable bonds is 5. The van der Waals surface area contributed by atoms with E-state index in [1.165, 1.54) is 0 Å². The number of nitrogens with zero attached hydrogens (tertiary/aromatic N) is 1. The number of fused-ring (bicyclic) bond motifs is 1. The predicted octanol–water partition coefficient (Wildman–Crippen LogP) is 2.79. The molecule has 1 aliphatic heterocycles. The van der Waals surface area contributed by atoms with Crippen molar-refractivity contribution < 1.29 is 14.4 Å². The quantitative estimate of drug-likeness (QED) is 0.861. The summed E-state index contributed by atoms with van der Waals surface area (Å²) in [6, 6.07) is 5.15. The number of amides is 3. The van der Waals surface area contributed by atoms with E-state index in [1.54, 1.807) is 23.1 Å². The molecule has 6 nitrogen and oxygen atoms in total. The standard InChI is InChI=1S/C19H27N3O3/c1-12(2)10-16(23)21-15-7-5-6-14-18(15)22(9-8-20-19(14)25)17(24)11-13(3)4/h5-7,12-13H,8-11H2,1-4H3,(H,20,25)(H,21,23). The Morgan fingerprint density at radius 2 is 1.84 bits per heavy atom. The van der Waals surface area contributed by atoms with Gasteiger partial charge >= 0.3 is 0 Å². The Balaban J connectivity index is 2.42. The number of carbonyl (C=O) groups excluding carboxylic acids is 3. The highest BCUT2D eigenvalue weighted by Crippen LogP contribution is 2.32. The third-order valence-electron chi connectivity index (χ3n) is 3.92. The first-order chi connectivity index (χ1) is 11.8. The minimum absolute atomic E-state index is 0.0432. The van der Waals surface area contributed by atoms with Gasteiger partial charge in [-0.3, -0.25) is 14.4 Å². The molecule has 6 heteroatoms. The first-order valence-electron chi connectivity index (χ1n) is 8.81. The minimum Gasteiger partial charge on any atom is -0.350 e. The summed E-state index contributed by atoms with van der Waals surface area (Å²) in [4.78, 5) is 38.9. The maximum absolute atomic E-state index is 12.7. The topological polar surface area (TPSA) is 78.5 Å². The highest BCUT2D eigenvalue weighted by Gasteiger charge is 2.28. The molecular formula is C19H27N3O3. The van der Waals surface area contributed by atoms with Gasteiger partial charge in [0.05, 0.1) is 16.9 Å². The number of carbonyl (C=O) groups is 3. The average molecular weight is 345 g/mol. The molecule has 136 valence electrons. The highest BCUT2D eigenvalue weighted by molar-refractivity contribution is 6.10. The summed E-state index contributed by atoms with van der Waals surface area (Å²) in [5.41, 5.74) is 1.43. The van der Waals surface area contributed by atoms with Gasteiger partial charge in [-0.05, 0) is 24.0 Å². The molecule has 3 amide bonds. The van der Waals surface area contributed by atoms with Crippen molar-refractivity contribution in [1.29, 1.82) is 0 Å². The van der Waals surface area contributed by atoms with Gasteiger partial charge in [0, 0.05) is 25.9 Å². The van der Waals surface area contributed by atoms with Gasteiger partial charge in [0.15, 0.2) is 0 Å². The molecule has 1 aliphatic rings. The van der Waals surface area contributed by atoms with Crippen LogP contribution in [-0.2, 0) is 9.59 Å². The van der Waals surface area contributed by atoms with E-state index >= 15 is 0 Å². The van der Waals surface area contributed by atoms with E-state index in [2.05, 4.69) is 10.6 Å². The molecule has 1 heterocycles. The van der Waals surface area contributed by atoms with Crippen molar-refractivity contribution in [2.45, 2.75) is 40.5 Å². The van der Waals surface area contributed by atoms with Crippen LogP contribution >= 0.6 is 0 Å². The molecule has 2 rings (SSSR count). The summed E-state index contributed by atoms with van der Waals surface area (Å²) in [7, 11) is 0. The molecular weight excluding hydrogens is 318 g/mol. The smallest absolute Gasteiger partial charge is 0.253 e. The first-order valence-corrected chi connectivity index (χ1v) is 8.81. The number of hydrogen-bond donors (Lipinski definition) is 2. The van der Waals surface area contributed by atoms with Crippen molar-refractivity contribution in [3.63, 3.8) is 0 Å². The van der Waals surface area contributed by atoms with Gasteiger partial charge in [-0.1, -0.05) is 33.8 Å². The van der Waals surface area contributed by atoms with E-state index in [4.69, 9.17) is 0 Å². The van der Waals surface area contributed by atoms with Crippen molar-refractivity contribution in [3.8, 4) is 0 Å². The Kier molecular flexibility index (Phi) is 6.17. The summed E-state index contributed by atoms with van der Waals surface area (Å²) in [5, 5.41) is 5.68. The Labute approximate surface area is 149 Å². The van der Waals surface area contributed by atoms with Gasteiger partial charge < -0.3 is 15.5 Å². The number of anilines is 2. The van der Waals surface area contributed by atoms with Gasteiger partial charge in [-0.2, -0.15) is 0 Å². The van der Waals surface area contributed by atoms with Crippen molar-refractivity contribution in [2.75, 3.05) is 23.3 Å². The largest absolute Gasteiger partial charge is 0.350 e. The van der Waals surface area contributed by atoms with Crippen LogP contribution in [0.1, 0.15) is 50.9 Å². The van der Waals surface area contributed by atoms with Gasteiger partial charge in [0.1, 0.15) is 0 Å². The van der Waals surface area contributed by atoms with E-state index in [9.17, 15) is 14.4 Å². The maximum atomic E-state index is 12.7. The van der Waals surface area contributed by atoms with E-state index in [0.29, 0.717) is 42.9 Å². The predicted molar refractivity (Wildman–Crippen MR) is 98.7 cm³/mol. The normalized spacial score (nSPS) is 14.2. The van der Waals surface area contributed by atoms with E-state index in [1.807, 2.05) is 27.7 Å². The van der Waals surface area contributed by atoms with Gasteiger partial charge in [0.25, 0.3) is 5.91 Å². The van der Waals surface area contributed by atoms with Crippen molar-refractivity contribution in [2.24, 2.45) is 11.8 Å². The third kappa shape index (κ3) is 4.81. The van der Waals surface area contributed by atoms with Gasteiger partial charge in [-0.15, -0.1) is 0 Å². The van der Waals surface area contributed by atoms with Gasteiger partial charge in [0.2, 0.25) is 11.8 Å². The summed E-state index contributed by atoms with van der Waals surface area (Å²) in [5.74, 6) is 0.0484. The molecule has 0 fully saturated rings. The zero-order valence-electron chi connectivity index (χ0n) is 15.4. The summed E-state index contributed by atoms with van der Waals surface area (Å²) >= 11 is 0. The lowest BCUT2D eigenvalue weighted by atomic mass is 10.1. The van der Waals surface area contributed by atoms with Crippen LogP contribution in [0.2, 0.25) is 0 Å². The fraction of sp³-hybridized carbons (Fsp3) is 0.526. The SMILES string of the molecule is CC(C)CC(=O)Nc1cccc2c1N(C(=O)CC(C)C)CCNC2=O. The second kappa shape index (κ2) is 8.14. The highest BCUT2D eigenvalue weighted by atomic mass is 16.2. The average Bonchev–Trinajstić information content (AvgIpc) is 2.66. The second-order valence-corrected chi connectivity index (χ2v) is 7.25. The molecule has 0 spiro atoms. The molecule has 2 N–H and O–H groups in total. The van der Waals surface area contributed by atoms with E-state index < -0.39 is 0 Å². The molecule has 1 aromatic carbocycles. The molecule has 1 aromatic rings. The van der Waals surface area contributed by atoms with Crippen molar-refractivity contribution in [1.82, 2.24) is 5.32 Å². The molecule has 0 saturated carbocycles. The lowest BCUT2D eigenvalue weighted by Crippen LogP contribution is -2.36. The fourth-order valence-electron chi connectivity index (χ4n) is 2.89. The zero-order chi connectivity index (χ0) is 18.6. The summed E-state index contributed by atoms with van der Waals surface area (Å²) < 4.78 is 0. The number of para-hydroxylation sites is 1. The number of hydrogen-bond acceptors (Lipinski definition) is 3. The van der Waals surface area contributed by atoms with E-state index in [0.717, 1.165) is 0 Å². The van der Waals surface area contributed by atoms with Crippen LogP contribution in [0.15, 0.2) is 18.2 Å². The van der Waals surface area contributed by atoms with E-state index in [-0.39, 0.29) is 29.6 Å². The number of nitrogens with one attached hydrogen (secondary N) is 2. The molecule has 0 bridgehead atoms. The Morgan fingerprint density at radius 1 is 1.16 bits per heavy atom. The van der Waals surface area contributed by atoms with Crippen LogP contribution in [0.3, 0.4) is 0 Å². The summed E-state index contributed by atoms with van der Waals surface area (Å²) in [6.45, 7) is 8.68. The molecule has 0 aliphatic carbocycles.